The number of carbonyl (C=O) groups is 1. The minimum atomic E-state index is 0.748. The van der Waals surface area contributed by atoms with E-state index in [9.17, 15) is 4.79 Å². The zero-order chi connectivity index (χ0) is 11.1. The van der Waals surface area contributed by atoms with Gasteiger partial charge in [-0.15, -0.1) is 0 Å². The summed E-state index contributed by atoms with van der Waals surface area (Å²) >= 11 is 0. The molecule has 0 amide bonds. The number of aryl methyl sites for hydroxylation is 1. The number of anilines is 1. The molecule has 0 atom stereocenters. The van der Waals surface area contributed by atoms with Crippen LogP contribution in [0.25, 0.3) is 10.9 Å². The van der Waals surface area contributed by atoms with Crippen molar-refractivity contribution >= 4 is 22.9 Å². The Morgan fingerprint density at radius 1 is 1.44 bits per heavy atom. The molecule has 0 saturated carbocycles. The topological polar surface area (TPSA) is 36.1 Å². The van der Waals surface area contributed by atoms with Crippen LogP contribution in [0.2, 0.25) is 0 Å². The molecule has 0 radical (unpaired) electrons. The summed E-state index contributed by atoms with van der Waals surface area (Å²) in [5, 5.41) is 1.23. The van der Waals surface area contributed by atoms with Gasteiger partial charge in [0.1, 0.15) is 0 Å². The highest BCUT2D eigenvalue weighted by atomic mass is 16.1. The van der Waals surface area contributed by atoms with Gasteiger partial charge in [0.05, 0.1) is 5.69 Å². The number of aromatic amines is 1. The van der Waals surface area contributed by atoms with Gasteiger partial charge in [-0.25, -0.2) is 0 Å². The average Bonchev–Trinajstić information content (AvgIpc) is 2.57. The number of hydrogen-bond donors (Lipinski definition) is 1. The summed E-state index contributed by atoms with van der Waals surface area (Å²) in [5.74, 6) is 0. The minimum absolute atomic E-state index is 0.748. The lowest BCUT2D eigenvalue weighted by Gasteiger charge is -2.17. The molecule has 1 aliphatic heterocycles. The van der Waals surface area contributed by atoms with E-state index in [1.165, 1.54) is 16.6 Å². The Morgan fingerprint density at radius 3 is 3.12 bits per heavy atom. The lowest BCUT2D eigenvalue weighted by molar-refractivity contribution is 0.111. The predicted octanol–water partition coefficient (Wildman–Crippen LogP) is 2.36. The van der Waals surface area contributed by atoms with E-state index in [0.717, 1.165) is 36.9 Å². The largest absolute Gasteiger partial charge is 0.374 e. The zero-order valence-corrected chi connectivity index (χ0v) is 9.29. The maximum absolute atomic E-state index is 11.0. The number of hydrogen-bond acceptors (Lipinski definition) is 2. The van der Waals surface area contributed by atoms with Crippen molar-refractivity contribution in [1.82, 2.24) is 4.98 Å². The van der Waals surface area contributed by atoms with Gasteiger partial charge in [0.15, 0.2) is 6.29 Å². The third kappa shape index (κ3) is 1.18. The molecule has 1 aromatic heterocycles. The third-order valence-corrected chi connectivity index (χ3v) is 3.39. The van der Waals surface area contributed by atoms with Crippen molar-refractivity contribution in [3.05, 3.63) is 29.5 Å². The fourth-order valence-corrected chi connectivity index (χ4v) is 2.61. The van der Waals surface area contributed by atoms with Crippen LogP contribution < -0.4 is 4.90 Å². The van der Waals surface area contributed by atoms with Crippen LogP contribution in [-0.4, -0.2) is 24.9 Å². The maximum Gasteiger partial charge on any atom is 0.166 e. The fourth-order valence-electron chi connectivity index (χ4n) is 2.61. The van der Waals surface area contributed by atoms with Crippen LogP contribution in [0.3, 0.4) is 0 Å². The quantitative estimate of drug-likeness (QED) is 0.740. The van der Waals surface area contributed by atoms with Gasteiger partial charge in [-0.3, -0.25) is 4.79 Å². The van der Waals surface area contributed by atoms with Gasteiger partial charge >= 0.3 is 0 Å². The van der Waals surface area contributed by atoms with E-state index in [1.54, 1.807) is 0 Å². The standard InChI is InChI=1S/C13H14N2O/c1-15-7-3-4-9-11(8-16)14-10-5-2-6-12(15)13(9)10/h2,5-6,8,14H,3-4,7H2,1H3. The Labute approximate surface area is 94.1 Å². The number of rotatable bonds is 1. The summed E-state index contributed by atoms with van der Waals surface area (Å²) < 4.78 is 0. The summed E-state index contributed by atoms with van der Waals surface area (Å²) in [6.07, 6.45) is 3.01. The molecule has 2 aromatic rings. The van der Waals surface area contributed by atoms with Crippen molar-refractivity contribution in [3.8, 4) is 0 Å². The molecule has 16 heavy (non-hydrogen) atoms. The van der Waals surface area contributed by atoms with Gasteiger partial charge in [-0.05, 0) is 30.5 Å². The number of aromatic nitrogens is 1. The number of nitrogens with one attached hydrogen (secondary N) is 1. The monoisotopic (exact) mass is 214 g/mol. The maximum atomic E-state index is 11.0. The van der Waals surface area contributed by atoms with Crippen molar-refractivity contribution in [3.63, 3.8) is 0 Å². The Bertz CT molecular complexity index is 556. The average molecular weight is 214 g/mol. The molecule has 0 bridgehead atoms. The highest BCUT2D eigenvalue weighted by Gasteiger charge is 2.18. The molecule has 82 valence electrons. The van der Waals surface area contributed by atoms with Crippen molar-refractivity contribution in [1.29, 1.82) is 0 Å². The van der Waals surface area contributed by atoms with Gasteiger partial charge in [-0.2, -0.15) is 0 Å². The van der Waals surface area contributed by atoms with Crippen LogP contribution in [0.15, 0.2) is 18.2 Å². The highest BCUT2D eigenvalue weighted by Crippen LogP contribution is 2.34. The minimum Gasteiger partial charge on any atom is -0.374 e. The first-order chi connectivity index (χ1) is 7.81. The van der Waals surface area contributed by atoms with Crippen molar-refractivity contribution in [2.75, 3.05) is 18.5 Å². The Balaban J connectivity index is 2.41. The summed E-state index contributed by atoms with van der Waals surface area (Å²) in [6.45, 7) is 1.05. The van der Waals surface area contributed by atoms with E-state index in [1.807, 2.05) is 12.1 Å². The molecule has 2 heterocycles. The number of H-pyrrole nitrogens is 1. The smallest absolute Gasteiger partial charge is 0.166 e. The molecule has 3 heteroatoms. The predicted molar refractivity (Wildman–Crippen MR) is 65.3 cm³/mol. The Hall–Kier alpha value is -1.77. The SMILES string of the molecule is CN1CCCc2c(C=O)[nH]c3cccc1c23. The van der Waals surface area contributed by atoms with Crippen LogP contribution >= 0.6 is 0 Å². The third-order valence-electron chi connectivity index (χ3n) is 3.39. The summed E-state index contributed by atoms with van der Waals surface area (Å²) in [4.78, 5) is 16.5. The zero-order valence-electron chi connectivity index (χ0n) is 9.29. The highest BCUT2D eigenvalue weighted by molar-refractivity contribution is 6.00. The van der Waals surface area contributed by atoms with Gasteiger partial charge in [0.25, 0.3) is 0 Å². The molecule has 0 fully saturated rings. The Kier molecular flexibility index (Phi) is 1.99. The summed E-state index contributed by atoms with van der Waals surface area (Å²) in [5.41, 5.74) is 4.24. The second kappa shape index (κ2) is 3.37. The van der Waals surface area contributed by atoms with Crippen LogP contribution in [0.1, 0.15) is 22.5 Å². The number of carbonyl (C=O) groups excluding carboxylic acids is 1. The molecule has 0 spiro atoms. The van der Waals surface area contributed by atoms with Crippen molar-refractivity contribution in [2.45, 2.75) is 12.8 Å². The van der Waals surface area contributed by atoms with Gasteiger partial charge in [-0.1, -0.05) is 6.07 Å². The Morgan fingerprint density at radius 2 is 2.31 bits per heavy atom. The lowest BCUT2D eigenvalue weighted by atomic mass is 10.1. The van der Waals surface area contributed by atoms with E-state index in [2.05, 4.69) is 23.0 Å². The molecular formula is C13H14N2O. The fraction of sp³-hybridized carbons (Fsp3) is 0.308. The molecule has 1 aliphatic rings. The van der Waals surface area contributed by atoms with E-state index >= 15 is 0 Å². The molecule has 1 aromatic carbocycles. The molecule has 0 saturated heterocycles. The van der Waals surface area contributed by atoms with Crippen LogP contribution in [0, 0.1) is 0 Å². The van der Waals surface area contributed by atoms with E-state index in [-0.39, 0.29) is 0 Å². The molecule has 0 aliphatic carbocycles. The summed E-state index contributed by atoms with van der Waals surface area (Å²) in [6, 6.07) is 6.20. The first-order valence-electron chi connectivity index (χ1n) is 5.61. The molecule has 3 nitrogen and oxygen atoms in total. The molecule has 3 rings (SSSR count). The van der Waals surface area contributed by atoms with E-state index in [4.69, 9.17) is 0 Å². The van der Waals surface area contributed by atoms with Crippen LogP contribution in [-0.2, 0) is 6.42 Å². The normalized spacial score (nSPS) is 15.2. The van der Waals surface area contributed by atoms with E-state index in [0.29, 0.717) is 0 Å². The van der Waals surface area contributed by atoms with Crippen molar-refractivity contribution in [2.24, 2.45) is 0 Å². The number of aldehydes is 1. The first-order valence-corrected chi connectivity index (χ1v) is 5.61. The number of nitrogens with zero attached hydrogens (tertiary/aromatic N) is 1. The van der Waals surface area contributed by atoms with E-state index < -0.39 is 0 Å². The van der Waals surface area contributed by atoms with Crippen LogP contribution in [0.4, 0.5) is 5.69 Å². The van der Waals surface area contributed by atoms with Crippen LogP contribution in [0.5, 0.6) is 0 Å². The van der Waals surface area contributed by atoms with Gasteiger partial charge in [0, 0.05) is 30.2 Å². The second-order valence-corrected chi connectivity index (χ2v) is 4.36. The van der Waals surface area contributed by atoms with Gasteiger partial charge < -0.3 is 9.88 Å². The molecule has 0 unspecified atom stereocenters. The number of benzene rings is 1. The lowest BCUT2D eigenvalue weighted by Crippen LogP contribution is -2.17. The summed E-state index contributed by atoms with van der Waals surface area (Å²) in [7, 11) is 2.11. The van der Waals surface area contributed by atoms with Crippen molar-refractivity contribution < 1.29 is 4.79 Å². The molecule has 1 N–H and O–H groups in total. The molecular weight excluding hydrogens is 200 g/mol. The first kappa shape index (κ1) is 9.46. The second-order valence-electron chi connectivity index (χ2n) is 4.36. The van der Waals surface area contributed by atoms with Gasteiger partial charge in [0.2, 0.25) is 0 Å².